The molecule has 0 aliphatic rings. The van der Waals surface area contributed by atoms with E-state index in [0.29, 0.717) is 18.1 Å². The lowest BCUT2D eigenvalue weighted by atomic mass is 10.0. The highest BCUT2D eigenvalue weighted by Crippen LogP contribution is 2.13. The van der Waals surface area contributed by atoms with Crippen LogP contribution in [0.3, 0.4) is 0 Å². The molecule has 0 aromatic heterocycles. The number of hydrogen-bond donors (Lipinski definition) is 1. The zero-order valence-corrected chi connectivity index (χ0v) is 13.6. The second-order valence-corrected chi connectivity index (χ2v) is 5.75. The number of hydrogen-bond acceptors (Lipinski definition) is 2. The molecule has 0 saturated heterocycles. The van der Waals surface area contributed by atoms with Crippen molar-refractivity contribution >= 4 is 0 Å². The van der Waals surface area contributed by atoms with Crippen molar-refractivity contribution in [1.82, 2.24) is 10.2 Å². The summed E-state index contributed by atoms with van der Waals surface area (Å²) in [5.74, 6) is 0. The van der Waals surface area contributed by atoms with E-state index in [-0.39, 0.29) is 0 Å². The highest BCUT2D eigenvalue weighted by atomic mass is 15.2. The number of nitrogens with zero attached hydrogens (tertiary/aromatic N) is 1. The average Bonchev–Trinajstić information content (AvgIpc) is 2.35. The molecule has 1 N–H and O–H groups in total. The van der Waals surface area contributed by atoms with Crippen molar-refractivity contribution < 1.29 is 0 Å². The molecule has 2 nitrogen and oxygen atoms in total. The van der Waals surface area contributed by atoms with E-state index in [0.717, 1.165) is 6.54 Å². The van der Waals surface area contributed by atoms with E-state index < -0.39 is 0 Å². The lowest BCUT2D eigenvalue weighted by Crippen LogP contribution is -2.51. The molecule has 2 unspecified atom stereocenters. The predicted molar refractivity (Wildman–Crippen MR) is 83.2 cm³/mol. The van der Waals surface area contributed by atoms with Crippen LogP contribution in [0.25, 0.3) is 0 Å². The Hall–Kier alpha value is -0.0800. The molecule has 0 amide bonds. The molecule has 2 heteroatoms. The van der Waals surface area contributed by atoms with Crippen LogP contribution >= 0.6 is 0 Å². The molecule has 0 rings (SSSR count). The van der Waals surface area contributed by atoms with Crippen molar-refractivity contribution in [3.05, 3.63) is 0 Å². The maximum Gasteiger partial charge on any atom is 0.0223 e. The Morgan fingerprint density at radius 3 is 2.06 bits per heavy atom. The van der Waals surface area contributed by atoms with Gasteiger partial charge >= 0.3 is 0 Å². The van der Waals surface area contributed by atoms with E-state index in [1.54, 1.807) is 0 Å². The fraction of sp³-hybridized carbons (Fsp3) is 1.00. The predicted octanol–water partition coefficient (Wildman–Crippen LogP) is 4.05. The smallest absolute Gasteiger partial charge is 0.0223 e. The molecule has 0 radical (unpaired) electrons. The Bertz CT molecular complexity index is 180. The Kier molecular flexibility index (Phi) is 10.8. The van der Waals surface area contributed by atoms with Gasteiger partial charge in [0, 0.05) is 18.1 Å². The van der Waals surface area contributed by atoms with Gasteiger partial charge in [-0.1, -0.05) is 33.6 Å². The molecule has 2 atom stereocenters. The lowest BCUT2D eigenvalue weighted by Gasteiger charge is -2.38. The van der Waals surface area contributed by atoms with Gasteiger partial charge in [0.25, 0.3) is 0 Å². The van der Waals surface area contributed by atoms with E-state index in [4.69, 9.17) is 0 Å². The van der Waals surface area contributed by atoms with Crippen molar-refractivity contribution in [2.75, 3.05) is 13.1 Å². The van der Waals surface area contributed by atoms with Gasteiger partial charge in [0.2, 0.25) is 0 Å². The summed E-state index contributed by atoms with van der Waals surface area (Å²) in [6, 6.07) is 1.92. The molecule has 0 bridgehead atoms. The second kappa shape index (κ2) is 10.8. The lowest BCUT2D eigenvalue weighted by molar-refractivity contribution is 0.127. The summed E-state index contributed by atoms with van der Waals surface area (Å²) >= 11 is 0. The first-order chi connectivity index (χ1) is 8.58. The average molecular weight is 256 g/mol. The molecule has 0 fully saturated rings. The van der Waals surface area contributed by atoms with Crippen LogP contribution in [-0.4, -0.2) is 36.1 Å². The van der Waals surface area contributed by atoms with E-state index >= 15 is 0 Å². The summed E-state index contributed by atoms with van der Waals surface area (Å²) in [6.07, 6.45) is 6.45. The molecule has 18 heavy (non-hydrogen) atoms. The molecule has 0 aromatic rings. The van der Waals surface area contributed by atoms with Crippen LogP contribution in [0, 0.1) is 0 Å². The molecule has 0 saturated carbocycles. The van der Waals surface area contributed by atoms with Crippen LogP contribution in [0.15, 0.2) is 0 Å². The molecule has 0 aliphatic carbocycles. The van der Waals surface area contributed by atoms with Gasteiger partial charge in [0.1, 0.15) is 0 Å². The number of nitrogens with one attached hydrogen (secondary N) is 1. The van der Waals surface area contributed by atoms with E-state index in [9.17, 15) is 0 Å². The molecular formula is C16H36N2. The topological polar surface area (TPSA) is 15.3 Å². The molecule has 0 aliphatic heterocycles. The maximum atomic E-state index is 3.70. The van der Waals surface area contributed by atoms with E-state index in [2.05, 4.69) is 51.8 Å². The Balaban J connectivity index is 4.36. The van der Waals surface area contributed by atoms with Crippen molar-refractivity contribution in [2.45, 2.75) is 91.8 Å². The van der Waals surface area contributed by atoms with Gasteiger partial charge < -0.3 is 5.32 Å². The third-order valence-corrected chi connectivity index (χ3v) is 3.88. The van der Waals surface area contributed by atoms with Crippen LogP contribution in [-0.2, 0) is 0 Å². The third kappa shape index (κ3) is 6.75. The third-order valence-electron chi connectivity index (χ3n) is 3.88. The summed E-state index contributed by atoms with van der Waals surface area (Å²) in [5, 5.41) is 3.70. The van der Waals surface area contributed by atoms with Crippen LogP contribution < -0.4 is 5.32 Å². The van der Waals surface area contributed by atoms with E-state index in [1.165, 1.54) is 38.6 Å². The molecule has 0 spiro atoms. The summed E-state index contributed by atoms with van der Waals surface area (Å²) in [7, 11) is 0. The van der Waals surface area contributed by atoms with Gasteiger partial charge in [-0.3, -0.25) is 4.90 Å². The van der Waals surface area contributed by atoms with Gasteiger partial charge in [-0.25, -0.2) is 0 Å². The molecule has 0 heterocycles. The molecular weight excluding hydrogens is 220 g/mol. The number of rotatable bonds is 11. The Morgan fingerprint density at radius 2 is 1.61 bits per heavy atom. The monoisotopic (exact) mass is 256 g/mol. The minimum atomic E-state index is 0.633. The summed E-state index contributed by atoms with van der Waals surface area (Å²) in [5.41, 5.74) is 0. The van der Waals surface area contributed by atoms with Gasteiger partial charge in [0.05, 0.1) is 0 Å². The van der Waals surface area contributed by atoms with Crippen molar-refractivity contribution in [3.8, 4) is 0 Å². The zero-order valence-electron chi connectivity index (χ0n) is 13.6. The van der Waals surface area contributed by atoms with Gasteiger partial charge in [0.15, 0.2) is 0 Å². The van der Waals surface area contributed by atoms with Crippen LogP contribution in [0.5, 0.6) is 0 Å². The van der Waals surface area contributed by atoms with E-state index in [1.807, 2.05) is 0 Å². The van der Waals surface area contributed by atoms with Crippen LogP contribution in [0.4, 0.5) is 0 Å². The first-order valence-electron chi connectivity index (χ1n) is 8.07. The van der Waals surface area contributed by atoms with Crippen molar-refractivity contribution in [3.63, 3.8) is 0 Å². The summed E-state index contributed by atoms with van der Waals surface area (Å²) in [6.45, 7) is 16.3. The normalized spacial score (nSPS) is 15.3. The highest BCUT2D eigenvalue weighted by molar-refractivity contribution is 4.82. The van der Waals surface area contributed by atoms with Crippen molar-refractivity contribution in [1.29, 1.82) is 0 Å². The van der Waals surface area contributed by atoms with Gasteiger partial charge in [-0.2, -0.15) is 0 Å². The largest absolute Gasteiger partial charge is 0.312 e. The zero-order chi connectivity index (χ0) is 14.0. The van der Waals surface area contributed by atoms with Gasteiger partial charge in [-0.15, -0.1) is 0 Å². The van der Waals surface area contributed by atoms with Crippen LogP contribution in [0.2, 0.25) is 0 Å². The fourth-order valence-corrected chi connectivity index (χ4v) is 2.69. The highest BCUT2D eigenvalue weighted by Gasteiger charge is 2.23. The summed E-state index contributed by atoms with van der Waals surface area (Å²) < 4.78 is 0. The second-order valence-electron chi connectivity index (χ2n) is 5.75. The minimum Gasteiger partial charge on any atom is -0.312 e. The van der Waals surface area contributed by atoms with Gasteiger partial charge in [-0.05, 0) is 53.1 Å². The van der Waals surface area contributed by atoms with Crippen LogP contribution in [0.1, 0.15) is 73.6 Å². The Labute approximate surface area is 116 Å². The fourth-order valence-electron chi connectivity index (χ4n) is 2.69. The van der Waals surface area contributed by atoms with Crippen molar-refractivity contribution in [2.24, 2.45) is 0 Å². The quantitative estimate of drug-likeness (QED) is 0.561. The minimum absolute atomic E-state index is 0.633. The number of unbranched alkanes of at least 4 members (excludes halogenated alkanes) is 2. The maximum absolute atomic E-state index is 3.70. The first-order valence-corrected chi connectivity index (χ1v) is 8.07. The summed E-state index contributed by atoms with van der Waals surface area (Å²) in [4.78, 5) is 2.67. The molecule has 110 valence electrons. The standard InChI is InChI=1S/C16H36N2/c1-7-10-11-13-18(14(4)5)15(6)16(9-3)17-12-8-2/h14-17H,7-13H2,1-6H3. The molecule has 0 aromatic carbocycles. The first kappa shape index (κ1) is 17.9. The SMILES string of the molecule is CCCCCN(C(C)C)C(C)C(CC)NCCC. The Morgan fingerprint density at radius 1 is 0.944 bits per heavy atom.